The van der Waals surface area contributed by atoms with Crippen molar-refractivity contribution in [2.24, 2.45) is 0 Å². The second-order valence-corrected chi connectivity index (χ2v) is 8.39. The van der Waals surface area contributed by atoms with Crippen molar-refractivity contribution in [1.82, 2.24) is 25.2 Å². The molecule has 2 aromatic heterocycles. The summed E-state index contributed by atoms with van der Waals surface area (Å²) in [6, 6.07) is 10.1. The van der Waals surface area contributed by atoms with E-state index >= 15 is 0 Å². The number of benzene rings is 1. The maximum Gasteiger partial charge on any atom is 0.146 e. The fourth-order valence-corrected chi connectivity index (χ4v) is 4.45. The first-order valence-corrected chi connectivity index (χ1v) is 11.0. The summed E-state index contributed by atoms with van der Waals surface area (Å²) < 4.78 is 0. The van der Waals surface area contributed by atoms with Gasteiger partial charge in [-0.25, -0.2) is 4.98 Å². The Hall–Kier alpha value is -3.58. The number of aldehydes is 1. The number of fused-ring (bicyclic) bond motifs is 1. The number of likely N-dealkylation sites (tertiary alicyclic amines) is 1. The molecule has 2 N–H and O–H groups in total. The Morgan fingerprint density at radius 1 is 1.12 bits per heavy atom. The van der Waals surface area contributed by atoms with Gasteiger partial charge in [-0.2, -0.15) is 0 Å². The highest BCUT2D eigenvalue weighted by Gasteiger charge is 2.23. The number of rotatable bonds is 5. The third kappa shape index (κ3) is 4.11. The molecule has 4 heterocycles. The largest absolute Gasteiger partial charge is 0.378 e. The number of carbonyl (C=O) groups is 1. The summed E-state index contributed by atoms with van der Waals surface area (Å²) >= 11 is 0. The second kappa shape index (κ2) is 8.88. The fraction of sp³-hybridized carbons (Fsp3) is 0.280. The Kier molecular flexibility index (Phi) is 5.64. The monoisotopic (exact) mass is 426 g/mol. The normalized spacial score (nSPS) is 18.6. The molecule has 32 heavy (non-hydrogen) atoms. The summed E-state index contributed by atoms with van der Waals surface area (Å²) in [4.78, 5) is 27.5. The van der Waals surface area contributed by atoms with Crippen molar-refractivity contribution in [2.75, 3.05) is 25.5 Å². The van der Waals surface area contributed by atoms with Crippen LogP contribution in [0.25, 0.3) is 17.5 Å². The van der Waals surface area contributed by atoms with E-state index in [1.807, 2.05) is 12.1 Å². The molecular weight excluding hydrogens is 400 g/mol. The molecular formula is C25H26N6O. The molecule has 0 saturated carbocycles. The number of pyridine rings is 1. The molecule has 0 aliphatic carbocycles. The summed E-state index contributed by atoms with van der Waals surface area (Å²) in [5.41, 5.74) is 5.47. The van der Waals surface area contributed by atoms with Crippen molar-refractivity contribution in [3.8, 4) is 11.4 Å². The fourth-order valence-electron chi connectivity index (χ4n) is 4.45. The average molecular weight is 427 g/mol. The van der Waals surface area contributed by atoms with E-state index in [1.54, 1.807) is 24.8 Å². The van der Waals surface area contributed by atoms with Gasteiger partial charge in [0.2, 0.25) is 0 Å². The molecule has 7 heteroatoms. The Labute approximate surface area is 187 Å². The van der Waals surface area contributed by atoms with Gasteiger partial charge >= 0.3 is 0 Å². The summed E-state index contributed by atoms with van der Waals surface area (Å²) in [6.45, 7) is 2.28. The van der Waals surface area contributed by atoms with Crippen molar-refractivity contribution in [3.05, 3.63) is 71.8 Å². The maximum atomic E-state index is 11.7. The van der Waals surface area contributed by atoms with Crippen molar-refractivity contribution in [3.63, 3.8) is 0 Å². The first-order chi connectivity index (χ1) is 15.7. The van der Waals surface area contributed by atoms with Crippen LogP contribution in [0, 0.1) is 0 Å². The van der Waals surface area contributed by atoms with E-state index in [1.165, 1.54) is 18.4 Å². The Morgan fingerprint density at radius 2 is 1.94 bits per heavy atom. The maximum absolute atomic E-state index is 11.7. The lowest BCUT2D eigenvalue weighted by atomic mass is 9.89. The van der Waals surface area contributed by atoms with E-state index in [0.717, 1.165) is 36.2 Å². The van der Waals surface area contributed by atoms with Gasteiger partial charge in [0.25, 0.3) is 0 Å². The molecule has 1 fully saturated rings. The van der Waals surface area contributed by atoms with E-state index in [9.17, 15) is 4.79 Å². The zero-order chi connectivity index (χ0) is 21.9. The van der Waals surface area contributed by atoms with Gasteiger partial charge in [0.1, 0.15) is 23.8 Å². The number of carbonyl (C=O) groups excluding carboxylic acids is 1. The molecule has 0 spiro atoms. The molecule has 0 bridgehead atoms. The molecule has 7 nitrogen and oxygen atoms in total. The number of hydrogen-bond acceptors (Lipinski definition) is 7. The van der Waals surface area contributed by atoms with E-state index < -0.39 is 6.04 Å². The SMILES string of the molecule is CN1CCC(c2ccc(Nc3nc(-c4cnccn4)cc4c3C(C=O)NC=C4)cc2)CC1. The van der Waals surface area contributed by atoms with Gasteiger partial charge in [-0.15, -0.1) is 0 Å². The van der Waals surface area contributed by atoms with Crippen molar-refractivity contribution in [2.45, 2.75) is 24.8 Å². The number of aromatic nitrogens is 3. The number of hydrogen-bond donors (Lipinski definition) is 2. The molecule has 0 radical (unpaired) electrons. The molecule has 1 unspecified atom stereocenters. The summed E-state index contributed by atoms with van der Waals surface area (Å²) in [7, 11) is 2.18. The van der Waals surface area contributed by atoms with Gasteiger partial charge in [-0.3, -0.25) is 9.97 Å². The molecule has 1 saturated heterocycles. The summed E-state index contributed by atoms with van der Waals surface area (Å²) in [6.07, 6.45) is 12.0. The van der Waals surface area contributed by atoms with Crippen LogP contribution in [0.2, 0.25) is 0 Å². The third-order valence-electron chi connectivity index (χ3n) is 6.27. The van der Waals surface area contributed by atoms with Gasteiger partial charge in [0.15, 0.2) is 0 Å². The van der Waals surface area contributed by atoms with Crippen LogP contribution in [0.4, 0.5) is 11.5 Å². The molecule has 3 aromatic rings. The highest BCUT2D eigenvalue weighted by Crippen LogP contribution is 2.34. The lowest BCUT2D eigenvalue weighted by Gasteiger charge is -2.29. The number of anilines is 2. The quantitative estimate of drug-likeness (QED) is 0.599. The summed E-state index contributed by atoms with van der Waals surface area (Å²) in [5.74, 6) is 1.25. The van der Waals surface area contributed by atoms with Crippen LogP contribution in [-0.4, -0.2) is 46.3 Å². The van der Waals surface area contributed by atoms with Gasteiger partial charge in [-0.05, 0) is 80.5 Å². The highest BCUT2D eigenvalue weighted by atomic mass is 16.1. The first-order valence-electron chi connectivity index (χ1n) is 11.0. The number of piperidine rings is 1. The minimum Gasteiger partial charge on any atom is -0.378 e. The van der Waals surface area contributed by atoms with Crippen LogP contribution in [0.5, 0.6) is 0 Å². The molecule has 1 atom stereocenters. The Morgan fingerprint density at radius 3 is 2.66 bits per heavy atom. The second-order valence-electron chi connectivity index (χ2n) is 8.39. The Balaban J connectivity index is 1.47. The zero-order valence-electron chi connectivity index (χ0n) is 18.0. The van der Waals surface area contributed by atoms with Crippen LogP contribution in [0.15, 0.2) is 55.1 Å². The van der Waals surface area contributed by atoms with Gasteiger partial charge in [0.05, 0.1) is 11.9 Å². The first kappa shape index (κ1) is 20.3. The van der Waals surface area contributed by atoms with Crippen LogP contribution < -0.4 is 10.6 Å². The van der Waals surface area contributed by atoms with Gasteiger partial charge in [-0.1, -0.05) is 12.1 Å². The van der Waals surface area contributed by atoms with Gasteiger partial charge < -0.3 is 20.3 Å². The van der Waals surface area contributed by atoms with E-state index in [-0.39, 0.29) is 0 Å². The molecule has 1 aromatic carbocycles. The van der Waals surface area contributed by atoms with Crippen molar-refractivity contribution >= 4 is 23.9 Å². The van der Waals surface area contributed by atoms with Crippen molar-refractivity contribution in [1.29, 1.82) is 0 Å². The number of nitrogens with one attached hydrogen (secondary N) is 2. The van der Waals surface area contributed by atoms with Crippen LogP contribution in [0.1, 0.15) is 41.5 Å². The predicted octanol–water partition coefficient (Wildman–Crippen LogP) is 3.91. The summed E-state index contributed by atoms with van der Waals surface area (Å²) in [5, 5.41) is 6.55. The average Bonchev–Trinajstić information content (AvgIpc) is 2.85. The standard InChI is InChI=1S/C25H26N6O/c1-31-12-7-18(8-13-31)17-2-4-20(5-3-17)29-25-24-19(6-9-27-23(24)16-32)14-21(30-25)22-15-26-10-11-28-22/h2-6,9-11,14-16,18,23,27H,7-8,12-13H2,1H3,(H,29,30). The van der Waals surface area contributed by atoms with Gasteiger partial charge in [0, 0.05) is 23.6 Å². The molecule has 2 aliphatic rings. The predicted molar refractivity (Wildman–Crippen MR) is 125 cm³/mol. The third-order valence-corrected chi connectivity index (χ3v) is 6.27. The lowest BCUT2D eigenvalue weighted by molar-refractivity contribution is -0.109. The van der Waals surface area contributed by atoms with E-state index in [2.05, 4.69) is 56.8 Å². The lowest BCUT2D eigenvalue weighted by Crippen LogP contribution is -2.29. The topological polar surface area (TPSA) is 83.0 Å². The van der Waals surface area contributed by atoms with E-state index in [4.69, 9.17) is 4.98 Å². The zero-order valence-corrected chi connectivity index (χ0v) is 18.0. The molecule has 2 aliphatic heterocycles. The number of nitrogens with zero attached hydrogens (tertiary/aromatic N) is 4. The Bertz CT molecular complexity index is 1120. The minimum atomic E-state index is -0.459. The molecule has 0 amide bonds. The highest BCUT2D eigenvalue weighted by molar-refractivity contribution is 5.79. The minimum absolute atomic E-state index is 0.459. The molecule has 5 rings (SSSR count). The van der Waals surface area contributed by atoms with Crippen molar-refractivity contribution < 1.29 is 4.79 Å². The van der Waals surface area contributed by atoms with Crippen LogP contribution >= 0.6 is 0 Å². The van der Waals surface area contributed by atoms with Crippen LogP contribution in [0.3, 0.4) is 0 Å². The molecule has 162 valence electrons. The van der Waals surface area contributed by atoms with Crippen LogP contribution in [-0.2, 0) is 4.79 Å². The van der Waals surface area contributed by atoms with E-state index in [0.29, 0.717) is 23.1 Å². The smallest absolute Gasteiger partial charge is 0.146 e.